The van der Waals surface area contributed by atoms with E-state index in [1.54, 1.807) is 25.2 Å². The van der Waals surface area contributed by atoms with Crippen LogP contribution in [0.2, 0.25) is 5.02 Å². The van der Waals surface area contributed by atoms with Crippen molar-refractivity contribution >= 4 is 61.8 Å². The molecule has 2 aromatic heterocycles. The van der Waals surface area contributed by atoms with Crippen LogP contribution in [0, 0.1) is 35.3 Å². The number of benzene rings is 2. The minimum absolute atomic E-state index is 0.0345. The number of halogens is 8. The van der Waals surface area contributed by atoms with Crippen LogP contribution in [0.1, 0.15) is 49.7 Å². The van der Waals surface area contributed by atoms with E-state index in [4.69, 9.17) is 22.3 Å². The monoisotopic (exact) mass is 877 g/mol. The van der Waals surface area contributed by atoms with Crippen LogP contribution in [0.4, 0.5) is 32.2 Å². The van der Waals surface area contributed by atoms with E-state index in [0.717, 1.165) is 12.1 Å². The van der Waals surface area contributed by atoms with Gasteiger partial charge in [-0.2, -0.15) is 13.9 Å². The van der Waals surface area contributed by atoms with Crippen LogP contribution in [-0.4, -0.2) is 67.2 Å². The van der Waals surface area contributed by atoms with Crippen molar-refractivity contribution in [2.75, 3.05) is 17.2 Å². The van der Waals surface area contributed by atoms with Crippen molar-refractivity contribution in [3.8, 4) is 23.0 Å². The maximum Gasteiger partial charge on any atom is 0.292 e. The third-order valence-corrected chi connectivity index (χ3v) is 10.5. The molecule has 2 aromatic carbocycles. The number of carbonyl (C=O) groups excluding carboxylic acids is 2. The molecule has 2 fully saturated rings. The van der Waals surface area contributed by atoms with E-state index in [1.807, 2.05) is 0 Å². The lowest BCUT2D eigenvalue weighted by atomic mass is 9.73. The van der Waals surface area contributed by atoms with Gasteiger partial charge < -0.3 is 21.5 Å². The zero-order valence-corrected chi connectivity index (χ0v) is 32.9. The minimum atomic E-state index is -3.62. The number of anilines is 1. The van der Waals surface area contributed by atoms with Gasteiger partial charge in [-0.25, -0.2) is 22.5 Å². The molecule has 5 N–H and O–H groups in total. The topological polar surface area (TPSA) is 148 Å². The Labute approximate surface area is 336 Å². The second kappa shape index (κ2) is 16.1. The lowest BCUT2D eigenvalue weighted by molar-refractivity contribution is -0.120. The molecule has 0 unspecified atom stereocenters. The molecule has 57 heavy (non-hydrogen) atoms. The van der Waals surface area contributed by atoms with Crippen LogP contribution in [0.25, 0.3) is 22.0 Å². The van der Waals surface area contributed by atoms with E-state index in [0.29, 0.717) is 28.1 Å². The summed E-state index contributed by atoms with van der Waals surface area (Å²) in [5.41, 5.74) is 3.13. The molecular weight excluding hydrogens is 844 g/mol. The van der Waals surface area contributed by atoms with Gasteiger partial charge in [-0.05, 0) is 80.8 Å². The zero-order chi connectivity index (χ0) is 41.6. The van der Waals surface area contributed by atoms with Gasteiger partial charge in [0.05, 0.1) is 38.7 Å². The van der Waals surface area contributed by atoms with Crippen molar-refractivity contribution in [3.63, 3.8) is 0 Å². The standard InChI is InChI=1S/C39H35BrClF6N7O3/c1-38(2,57)11-10-21-4-5-22(23-7-9-26(41)31-34(23)54(3)53-37(31)52-28(55)16-40)33(50-21)27(14-18-12-19(42)15-20(43)13-18)51-29(56)17-49-35-30(32(48)36(44)45)24-6-8-25(24)39(35,46)47/h4-5,7,9,12-13,15,24-25,27,36,57H,6,8,14,16-17,48H2,1-3H3,(H,51,56)(H,52,53,55)/t24-,25+,27-/m0/s1. The van der Waals surface area contributed by atoms with E-state index in [2.05, 4.69) is 48.5 Å². The minimum Gasteiger partial charge on any atom is -0.397 e. The van der Waals surface area contributed by atoms with Crippen molar-refractivity contribution in [2.24, 2.45) is 29.6 Å². The first-order valence-electron chi connectivity index (χ1n) is 17.5. The van der Waals surface area contributed by atoms with E-state index < -0.39 is 82.8 Å². The molecule has 2 heterocycles. The van der Waals surface area contributed by atoms with Gasteiger partial charge in [-0.15, -0.1) is 0 Å². The number of aliphatic imine (C=N–C) groups is 1. The molecule has 2 aliphatic rings. The third-order valence-electron chi connectivity index (χ3n) is 9.66. The summed E-state index contributed by atoms with van der Waals surface area (Å²) >= 11 is 9.74. The fourth-order valence-corrected chi connectivity index (χ4v) is 7.53. The fraction of sp³-hybridized carbons (Fsp3) is 0.359. The highest BCUT2D eigenvalue weighted by Gasteiger charge is 2.62. The molecule has 0 saturated heterocycles. The number of aromatic nitrogens is 3. The number of allylic oxidation sites excluding steroid dienone is 2. The molecule has 18 heteroatoms. The molecule has 0 radical (unpaired) electrons. The second-order valence-electron chi connectivity index (χ2n) is 14.3. The van der Waals surface area contributed by atoms with Crippen LogP contribution in [0.5, 0.6) is 0 Å². The van der Waals surface area contributed by atoms with Gasteiger partial charge in [0.15, 0.2) is 5.82 Å². The molecular formula is C39H35BrClF6N7O3. The molecule has 2 saturated carbocycles. The van der Waals surface area contributed by atoms with Crippen LogP contribution in [0.15, 0.2) is 58.7 Å². The Morgan fingerprint density at radius 3 is 2.42 bits per heavy atom. The number of pyridine rings is 1. The number of aliphatic hydroxyl groups is 1. The molecule has 4 aromatic rings. The average Bonchev–Trinajstić information content (AvgIpc) is 3.50. The number of hydrogen-bond donors (Lipinski definition) is 4. The summed E-state index contributed by atoms with van der Waals surface area (Å²) in [5, 5.41) is 20.7. The van der Waals surface area contributed by atoms with Gasteiger partial charge in [-0.1, -0.05) is 39.5 Å². The number of rotatable bonds is 10. The molecule has 0 aliphatic heterocycles. The number of carbonyl (C=O) groups is 2. The molecule has 2 aliphatic carbocycles. The largest absolute Gasteiger partial charge is 0.397 e. The number of alkyl halides is 5. The lowest BCUT2D eigenvalue weighted by Crippen LogP contribution is -2.37. The van der Waals surface area contributed by atoms with Gasteiger partial charge in [0.1, 0.15) is 35.2 Å². The molecule has 2 amide bonds. The van der Waals surface area contributed by atoms with Crippen molar-refractivity contribution in [2.45, 2.75) is 57.1 Å². The number of hydrogen-bond acceptors (Lipinski definition) is 7. The predicted molar refractivity (Wildman–Crippen MR) is 206 cm³/mol. The smallest absolute Gasteiger partial charge is 0.292 e. The van der Waals surface area contributed by atoms with Crippen molar-refractivity contribution < 1.29 is 41.0 Å². The summed E-state index contributed by atoms with van der Waals surface area (Å²) in [4.78, 5) is 34.7. The summed E-state index contributed by atoms with van der Waals surface area (Å²) in [5.74, 6) is -3.45. The van der Waals surface area contributed by atoms with Crippen LogP contribution < -0.4 is 16.4 Å². The van der Waals surface area contributed by atoms with Crippen LogP contribution >= 0.6 is 27.5 Å². The van der Waals surface area contributed by atoms with E-state index in [9.17, 15) is 32.3 Å². The van der Waals surface area contributed by atoms with Gasteiger partial charge in [0, 0.05) is 35.7 Å². The number of fused-ring (bicyclic) bond motifs is 2. The van der Waals surface area contributed by atoms with Gasteiger partial charge >= 0.3 is 0 Å². The number of nitrogens with two attached hydrogens (primary N) is 1. The average molecular weight is 879 g/mol. The number of amides is 2. The van der Waals surface area contributed by atoms with Gasteiger partial charge in [-0.3, -0.25) is 19.3 Å². The summed E-state index contributed by atoms with van der Waals surface area (Å²) < 4.78 is 89.0. The Kier molecular flexibility index (Phi) is 11.8. The molecule has 0 spiro atoms. The van der Waals surface area contributed by atoms with Crippen LogP contribution in [-0.2, 0) is 23.1 Å². The highest BCUT2D eigenvalue weighted by molar-refractivity contribution is 9.09. The highest BCUT2D eigenvalue weighted by atomic mass is 79.9. The molecule has 6 rings (SSSR count). The second-order valence-corrected chi connectivity index (χ2v) is 15.2. The summed E-state index contributed by atoms with van der Waals surface area (Å²) in [6, 6.07) is 7.79. The first kappa shape index (κ1) is 41.7. The maximum atomic E-state index is 15.5. The van der Waals surface area contributed by atoms with Crippen molar-refractivity contribution in [1.29, 1.82) is 0 Å². The summed E-state index contributed by atoms with van der Waals surface area (Å²) in [6.45, 7) is 1.95. The van der Waals surface area contributed by atoms with Crippen LogP contribution in [0.3, 0.4) is 0 Å². The van der Waals surface area contributed by atoms with E-state index in [-0.39, 0.29) is 52.4 Å². The number of nitrogens with one attached hydrogen (secondary N) is 2. The third kappa shape index (κ3) is 8.68. The summed E-state index contributed by atoms with van der Waals surface area (Å²) in [6.07, 6.45) is -3.26. The Balaban J connectivity index is 1.50. The molecule has 3 atom stereocenters. The quantitative estimate of drug-likeness (QED) is 0.0766. The Morgan fingerprint density at radius 1 is 1.12 bits per heavy atom. The molecule has 300 valence electrons. The first-order valence-corrected chi connectivity index (χ1v) is 19.0. The normalized spacial score (nSPS) is 19.5. The van der Waals surface area contributed by atoms with Gasteiger partial charge in [0.2, 0.25) is 11.8 Å². The fourth-order valence-electron chi connectivity index (χ4n) is 7.14. The van der Waals surface area contributed by atoms with Crippen molar-refractivity contribution in [1.82, 2.24) is 20.1 Å². The Hall–Kier alpha value is -4.92. The maximum absolute atomic E-state index is 15.5. The first-order chi connectivity index (χ1) is 26.8. The Bertz CT molecular complexity index is 2380. The Morgan fingerprint density at radius 2 is 1.81 bits per heavy atom. The molecule has 0 bridgehead atoms. The van der Waals surface area contributed by atoms with Crippen molar-refractivity contribution in [3.05, 3.63) is 87.3 Å². The van der Waals surface area contributed by atoms with E-state index >= 15 is 8.78 Å². The SMILES string of the molecule is Cn1nc(NC(=O)CBr)c2c(Cl)ccc(-c3ccc(C#CC(C)(C)O)nc3[C@H](Cc3cc(F)cc(F)c3)NC(=O)CN=C3C(=C(N)C(F)F)[C@H]4CC[C@H]4C3(F)F)c21. The lowest BCUT2D eigenvalue weighted by Gasteiger charge is -2.32. The highest BCUT2D eigenvalue weighted by Crippen LogP contribution is 2.57. The van der Waals surface area contributed by atoms with Gasteiger partial charge in [0.25, 0.3) is 12.3 Å². The summed E-state index contributed by atoms with van der Waals surface area (Å²) in [7, 11) is 1.60. The molecule has 10 nitrogen and oxygen atoms in total. The number of nitrogens with zero attached hydrogens (tertiary/aromatic N) is 4. The zero-order valence-electron chi connectivity index (χ0n) is 30.5. The van der Waals surface area contributed by atoms with E-state index in [1.165, 1.54) is 24.6 Å². The predicted octanol–water partition coefficient (Wildman–Crippen LogP) is 7.02. The number of aryl methyl sites for hydroxylation is 1.